The van der Waals surface area contributed by atoms with E-state index in [2.05, 4.69) is 16.6 Å². The monoisotopic (exact) mass is 244 g/mol. The maximum atomic E-state index is 11.9. The smallest absolute Gasteiger partial charge is 0.387 e. The Morgan fingerprint density at radius 2 is 1.33 bits per heavy atom. The van der Waals surface area contributed by atoms with Crippen molar-refractivity contribution in [3.05, 3.63) is 65.7 Å². The fourth-order valence-electron chi connectivity index (χ4n) is 1.39. The molecule has 1 nitrogen and oxygen atoms in total. The van der Waals surface area contributed by atoms with E-state index < -0.39 is 6.61 Å². The highest BCUT2D eigenvalue weighted by Crippen LogP contribution is 2.14. The van der Waals surface area contributed by atoms with E-state index in [1.165, 1.54) is 12.1 Å². The molecule has 0 unspecified atom stereocenters. The number of rotatable bonds is 2. The second-order valence-corrected chi connectivity index (χ2v) is 3.52. The van der Waals surface area contributed by atoms with Crippen LogP contribution in [-0.4, -0.2) is 6.61 Å². The highest BCUT2D eigenvalue weighted by atomic mass is 19.3. The van der Waals surface area contributed by atoms with Gasteiger partial charge >= 0.3 is 6.61 Å². The molecule has 0 saturated heterocycles. The summed E-state index contributed by atoms with van der Waals surface area (Å²) in [6.45, 7) is -2.80. The van der Waals surface area contributed by atoms with E-state index in [1.807, 2.05) is 30.3 Å². The highest BCUT2D eigenvalue weighted by Gasteiger charge is 2.02. The van der Waals surface area contributed by atoms with Crippen molar-refractivity contribution in [1.82, 2.24) is 0 Å². The van der Waals surface area contributed by atoms with Crippen molar-refractivity contribution in [3.63, 3.8) is 0 Å². The average Bonchev–Trinajstić information content (AvgIpc) is 2.38. The van der Waals surface area contributed by atoms with Crippen molar-refractivity contribution >= 4 is 0 Å². The first kappa shape index (κ1) is 12.1. The topological polar surface area (TPSA) is 9.23 Å². The van der Waals surface area contributed by atoms with Crippen molar-refractivity contribution < 1.29 is 13.5 Å². The molecule has 18 heavy (non-hydrogen) atoms. The summed E-state index contributed by atoms with van der Waals surface area (Å²) in [5.74, 6) is 6.07. The first-order chi connectivity index (χ1) is 8.74. The summed E-state index contributed by atoms with van der Waals surface area (Å²) in [6, 6.07) is 15.8. The molecule has 2 aromatic rings. The highest BCUT2D eigenvalue weighted by molar-refractivity contribution is 5.44. The summed E-state index contributed by atoms with van der Waals surface area (Å²) in [7, 11) is 0. The molecule has 90 valence electrons. The Morgan fingerprint density at radius 3 is 1.89 bits per heavy atom. The molecule has 2 aromatic carbocycles. The van der Waals surface area contributed by atoms with E-state index in [1.54, 1.807) is 12.1 Å². The lowest BCUT2D eigenvalue weighted by Gasteiger charge is -2.02. The molecule has 0 N–H and O–H groups in total. The van der Waals surface area contributed by atoms with Gasteiger partial charge in [-0.15, -0.1) is 0 Å². The number of ether oxygens (including phenoxy) is 1. The maximum Gasteiger partial charge on any atom is 0.387 e. The van der Waals surface area contributed by atoms with Crippen LogP contribution in [0.2, 0.25) is 0 Å². The van der Waals surface area contributed by atoms with Crippen LogP contribution in [0.3, 0.4) is 0 Å². The normalized spacial score (nSPS) is 9.72. The molecule has 3 heteroatoms. The van der Waals surface area contributed by atoms with Gasteiger partial charge in [0.05, 0.1) is 0 Å². The molecule has 0 heterocycles. The minimum absolute atomic E-state index is 0.135. The lowest BCUT2D eigenvalue weighted by atomic mass is 10.2. The summed E-state index contributed by atoms with van der Waals surface area (Å²) in [5.41, 5.74) is 1.66. The van der Waals surface area contributed by atoms with Crippen molar-refractivity contribution in [2.75, 3.05) is 0 Å². The molecular weight excluding hydrogens is 234 g/mol. The summed E-state index contributed by atoms with van der Waals surface area (Å²) >= 11 is 0. The average molecular weight is 244 g/mol. The Bertz CT molecular complexity index is 551. The van der Waals surface area contributed by atoms with E-state index in [0.717, 1.165) is 11.1 Å². The fourth-order valence-corrected chi connectivity index (χ4v) is 1.39. The largest absolute Gasteiger partial charge is 0.435 e. The van der Waals surface area contributed by atoms with Crippen molar-refractivity contribution in [1.29, 1.82) is 0 Å². The molecule has 0 saturated carbocycles. The molecule has 0 aromatic heterocycles. The molecule has 0 atom stereocenters. The standard InChI is InChI=1S/C15H10F2O/c16-15(17)18-14-10-8-13(9-11-14)7-6-12-4-2-1-3-5-12/h1-5,8-11,15H. The van der Waals surface area contributed by atoms with Gasteiger partial charge in [-0.1, -0.05) is 30.0 Å². The molecule has 0 bridgehead atoms. The van der Waals surface area contributed by atoms with Gasteiger partial charge in [-0.25, -0.2) is 0 Å². The molecule has 0 fully saturated rings. The van der Waals surface area contributed by atoms with Crippen molar-refractivity contribution in [2.24, 2.45) is 0 Å². The van der Waals surface area contributed by atoms with Gasteiger partial charge in [0.1, 0.15) is 5.75 Å². The van der Waals surface area contributed by atoms with Gasteiger partial charge in [0.2, 0.25) is 0 Å². The van der Waals surface area contributed by atoms with E-state index in [9.17, 15) is 8.78 Å². The fraction of sp³-hybridized carbons (Fsp3) is 0.0667. The summed E-state index contributed by atoms with van der Waals surface area (Å²) in [4.78, 5) is 0. The Hall–Kier alpha value is -2.34. The van der Waals surface area contributed by atoms with Crippen LogP contribution < -0.4 is 4.74 Å². The third-order valence-corrected chi connectivity index (χ3v) is 2.20. The van der Waals surface area contributed by atoms with E-state index in [4.69, 9.17) is 0 Å². The lowest BCUT2D eigenvalue weighted by Crippen LogP contribution is -2.01. The van der Waals surface area contributed by atoms with E-state index >= 15 is 0 Å². The van der Waals surface area contributed by atoms with E-state index in [0.29, 0.717) is 0 Å². The van der Waals surface area contributed by atoms with Gasteiger partial charge in [-0.2, -0.15) is 8.78 Å². The maximum absolute atomic E-state index is 11.9. The second kappa shape index (κ2) is 5.83. The third kappa shape index (κ3) is 3.60. The third-order valence-electron chi connectivity index (χ3n) is 2.20. The Morgan fingerprint density at radius 1 is 0.778 bits per heavy atom. The predicted octanol–water partition coefficient (Wildman–Crippen LogP) is 3.69. The van der Waals surface area contributed by atoms with Crippen molar-refractivity contribution in [3.8, 4) is 17.6 Å². The minimum atomic E-state index is -2.80. The van der Waals surface area contributed by atoms with Gasteiger partial charge < -0.3 is 4.74 Å². The van der Waals surface area contributed by atoms with Crippen LogP contribution in [0.1, 0.15) is 11.1 Å². The first-order valence-corrected chi connectivity index (χ1v) is 5.36. The van der Waals surface area contributed by atoms with Crippen LogP contribution in [-0.2, 0) is 0 Å². The molecule has 0 amide bonds. The number of benzene rings is 2. The molecule has 0 aliphatic rings. The number of halogens is 2. The number of alkyl halides is 2. The molecule has 2 rings (SSSR count). The lowest BCUT2D eigenvalue weighted by molar-refractivity contribution is -0.0498. The summed E-state index contributed by atoms with van der Waals surface area (Å²) < 4.78 is 28.1. The molecule has 0 aliphatic carbocycles. The van der Waals surface area contributed by atoms with Gasteiger partial charge in [0, 0.05) is 11.1 Å². The van der Waals surface area contributed by atoms with Crippen LogP contribution in [0.15, 0.2) is 54.6 Å². The molecule has 0 aliphatic heterocycles. The predicted molar refractivity (Wildman–Crippen MR) is 65.5 cm³/mol. The van der Waals surface area contributed by atoms with Gasteiger partial charge in [-0.3, -0.25) is 0 Å². The quantitative estimate of drug-likeness (QED) is 0.732. The van der Waals surface area contributed by atoms with Gasteiger partial charge in [0.25, 0.3) is 0 Å². The minimum Gasteiger partial charge on any atom is -0.435 e. The van der Waals surface area contributed by atoms with Gasteiger partial charge in [-0.05, 0) is 36.4 Å². The Kier molecular flexibility index (Phi) is 3.93. The second-order valence-electron chi connectivity index (χ2n) is 3.52. The number of hydrogen-bond acceptors (Lipinski definition) is 1. The summed E-state index contributed by atoms with van der Waals surface area (Å²) in [5, 5.41) is 0. The van der Waals surface area contributed by atoms with Crippen LogP contribution in [0, 0.1) is 11.8 Å². The van der Waals surface area contributed by atoms with Crippen LogP contribution in [0.5, 0.6) is 5.75 Å². The van der Waals surface area contributed by atoms with E-state index in [-0.39, 0.29) is 5.75 Å². The first-order valence-electron chi connectivity index (χ1n) is 5.36. The Balaban J connectivity index is 2.09. The van der Waals surface area contributed by atoms with Crippen LogP contribution in [0.4, 0.5) is 8.78 Å². The van der Waals surface area contributed by atoms with Crippen LogP contribution in [0.25, 0.3) is 0 Å². The Labute approximate surface area is 104 Å². The summed E-state index contributed by atoms with van der Waals surface area (Å²) in [6.07, 6.45) is 0. The number of hydrogen-bond donors (Lipinski definition) is 0. The van der Waals surface area contributed by atoms with Crippen molar-refractivity contribution in [2.45, 2.75) is 6.61 Å². The zero-order valence-corrected chi connectivity index (χ0v) is 9.44. The zero-order chi connectivity index (χ0) is 12.8. The van der Waals surface area contributed by atoms with Crippen LogP contribution >= 0.6 is 0 Å². The zero-order valence-electron chi connectivity index (χ0n) is 9.44. The SMILES string of the molecule is FC(F)Oc1ccc(C#Cc2ccccc2)cc1. The molecular formula is C15H10F2O. The van der Waals surface area contributed by atoms with Gasteiger partial charge in [0.15, 0.2) is 0 Å². The molecule has 0 radical (unpaired) electrons. The molecule has 0 spiro atoms.